The fraction of sp³-hybridized carbons (Fsp3) is 0.333. The molecule has 3 N–H and O–H groups in total. The van der Waals surface area contributed by atoms with Crippen molar-refractivity contribution in [1.29, 1.82) is 5.41 Å². The largest absolute Gasteiger partial charge is 0.467 e. The zero-order valence-electron chi connectivity index (χ0n) is 18.6. The Morgan fingerprint density at radius 1 is 1.33 bits per heavy atom. The number of benzene rings is 1. The number of carbonyl (C=O) groups excluding carboxylic acids is 1. The second-order valence-corrected chi connectivity index (χ2v) is 6.96. The van der Waals surface area contributed by atoms with E-state index in [2.05, 4.69) is 30.7 Å². The number of halogens is 2. The molecule has 1 amide bonds. The van der Waals surface area contributed by atoms with Crippen LogP contribution in [0.2, 0.25) is 0 Å². The summed E-state index contributed by atoms with van der Waals surface area (Å²) in [5.74, 6) is -3.89. The molecule has 2 heterocycles. The topological polar surface area (TPSA) is 139 Å². The summed E-state index contributed by atoms with van der Waals surface area (Å²) >= 11 is 0. The Bertz CT molecular complexity index is 1060. The number of alkyl halides is 2. The highest BCUT2D eigenvalue weighted by molar-refractivity contribution is 5.88. The van der Waals surface area contributed by atoms with Gasteiger partial charge in [0.25, 0.3) is 5.91 Å². The maximum Gasteiger partial charge on any atom is 0.321 e. The molecule has 0 aliphatic heterocycles. The molecule has 0 saturated heterocycles. The van der Waals surface area contributed by atoms with Crippen LogP contribution in [-0.2, 0) is 4.79 Å². The molecule has 12 heteroatoms. The number of hydrogen-bond acceptors (Lipinski definition) is 9. The number of hydrogen-bond donors (Lipinski definition) is 3. The second-order valence-electron chi connectivity index (χ2n) is 6.96. The smallest absolute Gasteiger partial charge is 0.321 e. The van der Waals surface area contributed by atoms with Crippen molar-refractivity contribution in [3.8, 4) is 17.4 Å². The van der Waals surface area contributed by atoms with Gasteiger partial charge in [-0.2, -0.15) is 13.8 Å². The lowest BCUT2D eigenvalue weighted by Crippen LogP contribution is -2.45. The molecule has 3 rings (SSSR count). The molecule has 1 unspecified atom stereocenters. The van der Waals surface area contributed by atoms with Gasteiger partial charge in [-0.05, 0) is 31.2 Å². The van der Waals surface area contributed by atoms with Gasteiger partial charge in [-0.1, -0.05) is 5.16 Å². The van der Waals surface area contributed by atoms with Crippen LogP contribution in [0.3, 0.4) is 0 Å². The summed E-state index contributed by atoms with van der Waals surface area (Å²) in [6.07, 6.45) is 4.42. The van der Waals surface area contributed by atoms with Gasteiger partial charge in [0.15, 0.2) is 0 Å². The highest BCUT2D eigenvalue weighted by Crippen LogP contribution is 2.22. The molecule has 176 valence electrons. The SMILES string of the molecule is COc1ncccn1.Cc1nc(-c2ccc(NCC(C)NC(=O)C(C)(F)F)c(C=N)c2)no1. The maximum absolute atomic E-state index is 12.9. The summed E-state index contributed by atoms with van der Waals surface area (Å²) in [6, 6.07) is 6.82. The van der Waals surface area contributed by atoms with Crippen LogP contribution in [0.25, 0.3) is 11.4 Å². The van der Waals surface area contributed by atoms with Crippen LogP contribution in [0.1, 0.15) is 25.3 Å². The van der Waals surface area contributed by atoms with Gasteiger partial charge in [-0.3, -0.25) is 4.79 Å². The van der Waals surface area contributed by atoms with Crippen molar-refractivity contribution in [2.45, 2.75) is 32.7 Å². The van der Waals surface area contributed by atoms with Crippen molar-refractivity contribution < 1.29 is 22.8 Å². The molecule has 1 atom stereocenters. The number of ether oxygens (including phenoxy) is 1. The normalized spacial score (nSPS) is 11.6. The summed E-state index contributed by atoms with van der Waals surface area (Å²) in [5.41, 5.74) is 1.88. The van der Waals surface area contributed by atoms with E-state index >= 15 is 0 Å². The highest BCUT2D eigenvalue weighted by Gasteiger charge is 2.32. The third-order valence-electron chi connectivity index (χ3n) is 4.09. The Labute approximate surface area is 189 Å². The van der Waals surface area contributed by atoms with Crippen LogP contribution < -0.4 is 15.4 Å². The van der Waals surface area contributed by atoms with Crippen LogP contribution >= 0.6 is 0 Å². The van der Waals surface area contributed by atoms with Gasteiger partial charge in [0.2, 0.25) is 11.7 Å². The molecule has 2 aromatic heterocycles. The number of carbonyl (C=O) groups is 1. The number of anilines is 1. The van der Waals surface area contributed by atoms with E-state index in [-0.39, 0.29) is 6.54 Å². The molecule has 0 radical (unpaired) electrons. The number of amides is 1. The van der Waals surface area contributed by atoms with E-state index < -0.39 is 17.9 Å². The first-order chi connectivity index (χ1) is 15.6. The monoisotopic (exact) mass is 461 g/mol. The second kappa shape index (κ2) is 11.6. The zero-order valence-corrected chi connectivity index (χ0v) is 18.6. The predicted molar refractivity (Wildman–Crippen MR) is 118 cm³/mol. The lowest BCUT2D eigenvalue weighted by molar-refractivity contribution is -0.143. The third kappa shape index (κ3) is 7.91. The molecular formula is C21H25F2N7O3. The van der Waals surface area contributed by atoms with E-state index in [1.54, 1.807) is 50.5 Å². The quantitative estimate of drug-likeness (QED) is 0.435. The van der Waals surface area contributed by atoms with Gasteiger partial charge < -0.3 is 25.3 Å². The fourth-order valence-corrected chi connectivity index (χ4v) is 2.45. The molecule has 10 nitrogen and oxygen atoms in total. The molecule has 0 aliphatic carbocycles. The van der Waals surface area contributed by atoms with Gasteiger partial charge in [-0.25, -0.2) is 9.97 Å². The molecule has 0 bridgehead atoms. The standard InChI is InChI=1S/C16H19F2N5O2.C5H6N2O/c1-9(21-15(24)16(3,17)18)8-20-13-5-4-11(6-12(13)7-19)14-22-10(2)25-23-14;1-8-5-6-3-2-4-7-5/h4-7,9,19-20H,8H2,1-3H3,(H,21,24);2-4H,1H3. The summed E-state index contributed by atoms with van der Waals surface area (Å²) < 4.78 is 35.4. The van der Waals surface area contributed by atoms with E-state index in [1.807, 2.05) is 0 Å². The molecule has 33 heavy (non-hydrogen) atoms. The van der Waals surface area contributed by atoms with Crippen molar-refractivity contribution in [2.24, 2.45) is 0 Å². The Hall–Kier alpha value is -3.96. The summed E-state index contributed by atoms with van der Waals surface area (Å²) in [6.45, 7) is 4.06. The number of nitrogens with one attached hydrogen (secondary N) is 3. The van der Waals surface area contributed by atoms with Gasteiger partial charge in [0.05, 0.1) is 7.11 Å². The Morgan fingerprint density at radius 3 is 2.55 bits per heavy atom. The van der Waals surface area contributed by atoms with Gasteiger partial charge in [-0.15, -0.1) is 0 Å². The van der Waals surface area contributed by atoms with Crippen molar-refractivity contribution in [3.63, 3.8) is 0 Å². The average molecular weight is 461 g/mol. The minimum atomic E-state index is -3.42. The van der Waals surface area contributed by atoms with Gasteiger partial charge in [0.1, 0.15) is 0 Å². The number of nitrogens with zero attached hydrogens (tertiary/aromatic N) is 4. The van der Waals surface area contributed by atoms with E-state index in [0.29, 0.717) is 41.5 Å². The van der Waals surface area contributed by atoms with Crippen LogP contribution in [0.4, 0.5) is 14.5 Å². The van der Waals surface area contributed by atoms with E-state index in [4.69, 9.17) is 14.7 Å². The third-order valence-corrected chi connectivity index (χ3v) is 4.09. The van der Waals surface area contributed by atoms with Gasteiger partial charge >= 0.3 is 11.9 Å². The Morgan fingerprint density at radius 2 is 2.03 bits per heavy atom. The molecule has 0 fully saturated rings. The van der Waals surface area contributed by atoms with E-state index in [0.717, 1.165) is 6.21 Å². The minimum absolute atomic E-state index is 0.226. The first-order valence-electron chi connectivity index (χ1n) is 9.83. The van der Waals surface area contributed by atoms with Gasteiger partial charge in [0, 0.05) is 61.9 Å². The van der Waals surface area contributed by atoms with Crippen LogP contribution in [0.5, 0.6) is 6.01 Å². The number of aryl methyl sites for hydroxylation is 1. The highest BCUT2D eigenvalue weighted by atomic mass is 19.3. The molecule has 1 aromatic carbocycles. The van der Waals surface area contributed by atoms with Crippen molar-refractivity contribution >= 4 is 17.8 Å². The van der Waals surface area contributed by atoms with Crippen LogP contribution in [-0.4, -0.2) is 57.8 Å². The molecule has 0 spiro atoms. The lowest BCUT2D eigenvalue weighted by atomic mass is 10.1. The fourth-order valence-electron chi connectivity index (χ4n) is 2.45. The number of methoxy groups -OCH3 is 1. The lowest BCUT2D eigenvalue weighted by Gasteiger charge is -2.19. The molecule has 0 aliphatic rings. The summed E-state index contributed by atoms with van der Waals surface area (Å²) in [7, 11) is 1.54. The summed E-state index contributed by atoms with van der Waals surface area (Å²) in [5, 5.41) is 16.6. The Balaban J connectivity index is 0.000000405. The van der Waals surface area contributed by atoms with Crippen molar-refractivity contribution in [1.82, 2.24) is 25.4 Å². The van der Waals surface area contributed by atoms with Crippen molar-refractivity contribution in [3.05, 3.63) is 48.1 Å². The van der Waals surface area contributed by atoms with E-state index in [9.17, 15) is 13.6 Å². The predicted octanol–water partition coefficient (Wildman–Crippen LogP) is 3.10. The number of rotatable bonds is 8. The summed E-state index contributed by atoms with van der Waals surface area (Å²) in [4.78, 5) is 22.9. The Kier molecular flexibility index (Phi) is 8.89. The van der Waals surface area contributed by atoms with Crippen molar-refractivity contribution in [2.75, 3.05) is 19.0 Å². The minimum Gasteiger partial charge on any atom is -0.467 e. The van der Waals surface area contributed by atoms with Crippen LogP contribution in [0.15, 0.2) is 41.2 Å². The molecule has 3 aromatic rings. The molecule has 0 saturated carbocycles. The first-order valence-corrected chi connectivity index (χ1v) is 9.83. The maximum atomic E-state index is 12.9. The van der Waals surface area contributed by atoms with Crippen LogP contribution in [0, 0.1) is 12.3 Å². The van der Waals surface area contributed by atoms with E-state index in [1.165, 1.54) is 7.11 Å². The first kappa shape index (κ1) is 25.3. The zero-order chi connectivity index (χ0) is 24.4. The molecular weight excluding hydrogens is 436 g/mol. The number of aromatic nitrogens is 4. The average Bonchev–Trinajstić information content (AvgIpc) is 3.24.